The van der Waals surface area contributed by atoms with Crippen molar-refractivity contribution in [2.45, 2.75) is 71.6 Å². The Morgan fingerprint density at radius 2 is 2.14 bits per heavy atom. The normalized spacial score (nSPS) is 17.9. The van der Waals surface area contributed by atoms with Crippen molar-refractivity contribution >= 4 is 0 Å². The molecule has 21 heavy (non-hydrogen) atoms. The fourth-order valence-corrected chi connectivity index (χ4v) is 3.10. The molecule has 2 atom stereocenters. The van der Waals surface area contributed by atoms with Gasteiger partial charge in [0.1, 0.15) is 0 Å². The van der Waals surface area contributed by atoms with Crippen molar-refractivity contribution in [1.82, 2.24) is 15.1 Å². The Bertz CT molecular complexity index is 426. The molecule has 4 heteroatoms. The highest BCUT2D eigenvalue weighted by molar-refractivity contribution is 5.13. The number of methoxy groups -OCH3 is 1. The Morgan fingerprint density at radius 1 is 1.38 bits per heavy atom. The molecule has 0 bridgehead atoms. The molecule has 0 radical (unpaired) electrons. The summed E-state index contributed by atoms with van der Waals surface area (Å²) in [6.07, 6.45) is 6.14. The Kier molecular flexibility index (Phi) is 6.24. The number of ether oxygens (including phenoxy) is 1. The molecule has 1 aromatic heterocycles. The Labute approximate surface area is 129 Å². The van der Waals surface area contributed by atoms with Crippen LogP contribution in [0, 0.1) is 5.92 Å². The van der Waals surface area contributed by atoms with Gasteiger partial charge in [0.2, 0.25) is 0 Å². The Hall–Kier alpha value is -0.870. The summed E-state index contributed by atoms with van der Waals surface area (Å²) in [7, 11) is 1.86. The molecule has 0 aromatic carbocycles. The molecule has 0 spiro atoms. The average molecular weight is 293 g/mol. The highest BCUT2D eigenvalue weighted by atomic mass is 16.5. The summed E-state index contributed by atoms with van der Waals surface area (Å²) in [6, 6.07) is 2.66. The van der Waals surface area contributed by atoms with Crippen LogP contribution in [0.5, 0.6) is 0 Å². The van der Waals surface area contributed by atoms with Gasteiger partial charge < -0.3 is 10.1 Å². The third-order valence-corrected chi connectivity index (χ3v) is 4.42. The lowest BCUT2D eigenvalue weighted by molar-refractivity contribution is 0.0505. The van der Waals surface area contributed by atoms with Gasteiger partial charge in [0.15, 0.2) is 0 Å². The monoisotopic (exact) mass is 293 g/mol. The van der Waals surface area contributed by atoms with E-state index in [9.17, 15) is 0 Å². The quantitative estimate of drug-likeness (QED) is 0.721. The standard InChI is InChI=1S/C17H31N3O/c1-5-10-18-16(17(21-4)13-8-9-13)12-15-11-14(6-2)19-20(15)7-3/h11,13,16-18H,5-10,12H2,1-4H3. The molecule has 1 N–H and O–H groups in total. The minimum absolute atomic E-state index is 0.335. The summed E-state index contributed by atoms with van der Waals surface area (Å²) in [5, 5.41) is 8.38. The van der Waals surface area contributed by atoms with Gasteiger partial charge in [0.25, 0.3) is 0 Å². The Balaban J connectivity index is 2.11. The number of hydrogen-bond acceptors (Lipinski definition) is 3. The molecule has 2 unspecified atom stereocenters. The number of rotatable bonds is 10. The zero-order chi connectivity index (χ0) is 15.2. The van der Waals surface area contributed by atoms with E-state index < -0.39 is 0 Å². The summed E-state index contributed by atoms with van der Waals surface area (Å²) in [4.78, 5) is 0. The second kappa shape index (κ2) is 7.95. The second-order valence-corrected chi connectivity index (χ2v) is 6.10. The molecule has 2 rings (SSSR count). The lowest BCUT2D eigenvalue weighted by atomic mass is 10.0. The van der Waals surface area contributed by atoms with Gasteiger partial charge in [-0.05, 0) is 51.1 Å². The largest absolute Gasteiger partial charge is 0.380 e. The number of aromatic nitrogens is 2. The van der Waals surface area contributed by atoms with E-state index in [1.807, 2.05) is 7.11 Å². The first-order chi connectivity index (χ1) is 10.2. The zero-order valence-corrected chi connectivity index (χ0v) is 14.1. The molecule has 4 nitrogen and oxygen atoms in total. The minimum atomic E-state index is 0.335. The van der Waals surface area contributed by atoms with E-state index in [1.165, 1.54) is 24.2 Å². The van der Waals surface area contributed by atoms with Gasteiger partial charge in [-0.15, -0.1) is 0 Å². The highest BCUT2D eigenvalue weighted by Gasteiger charge is 2.37. The number of nitrogens with zero attached hydrogens (tertiary/aromatic N) is 2. The molecule has 1 aromatic rings. The summed E-state index contributed by atoms with van der Waals surface area (Å²) in [6.45, 7) is 8.55. The minimum Gasteiger partial charge on any atom is -0.380 e. The Morgan fingerprint density at radius 3 is 2.67 bits per heavy atom. The van der Waals surface area contributed by atoms with Crippen molar-refractivity contribution in [2.75, 3.05) is 13.7 Å². The second-order valence-electron chi connectivity index (χ2n) is 6.10. The molecular formula is C17H31N3O. The van der Waals surface area contributed by atoms with Crippen molar-refractivity contribution in [2.24, 2.45) is 5.92 Å². The SMILES string of the molecule is CCCNC(Cc1cc(CC)nn1CC)C(OC)C1CC1. The smallest absolute Gasteiger partial charge is 0.0756 e. The highest BCUT2D eigenvalue weighted by Crippen LogP contribution is 2.36. The van der Waals surface area contributed by atoms with Gasteiger partial charge in [-0.1, -0.05) is 13.8 Å². The number of hydrogen-bond donors (Lipinski definition) is 1. The third-order valence-electron chi connectivity index (χ3n) is 4.42. The molecule has 1 heterocycles. The van der Waals surface area contributed by atoms with Crippen LogP contribution in [0.1, 0.15) is 51.4 Å². The first-order valence-corrected chi connectivity index (χ1v) is 8.55. The van der Waals surface area contributed by atoms with Crippen LogP contribution < -0.4 is 5.32 Å². The van der Waals surface area contributed by atoms with E-state index in [0.717, 1.165) is 38.3 Å². The first kappa shape index (κ1) is 16.5. The van der Waals surface area contributed by atoms with Crippen LogP contribution in [0.2, 0.25) is 0 Å². The lowest BCUT2D eigenvalue weighted by Gasteiger charge is -2.27. The van der Waals surface area contributed by atoms with Crippen LogP contribution in [-0.2, 0) is 24.1 Å². The third kappa shape index (κ3) is 4.30. The van der Waals surface area contributed by atoms with Crippen LogP contribution in [0.25, 0.3) is 0 Å². The molecule has 1 aliphatic rings. The first-order valence-electron chi connectivity index (χ1n) is 8.55. The van der Waals surface area contributed by atoms with Crippen molar-refractivity contribution in [3.05, 3.63) is 17.5 Å². The van der Waals surface area contributed by atoms with E-state index in [0.29, 0.717) is 12.1 Å². The summed E-state index contributed by atoms with van der Waals surface area (Å²) in [5.74, 6) is 0.744. The molecule has 120 valence electrons. The maximum atomic E-state index is 5.82. The topological polar surface area (TPSA) is 39.1 Å². The van der Waals surface area contributed by atoms with Gasteiger partial charge in [-0.2, -0.15) is 5.10 Å². The van der Waals surface area contributed by atoms with Crippen molar-refractivity contribution in [3.8, 4) is 0 Å². The van der Waals surface area contributed by atoms with E-state index >= 15 is 0 Å². The number of aryl methyl sites for hydroxylation is 2. The van der Waals surface area contributed by atoms with Gasteiger partial charge in [0.05, 0.1) is 11.8 Å². The van der Waals surface area contributed by atoms with Crippen LogP contribution >= 0.6 is 0 Å². The van der Waals surface area contributed by atoms with Crippen LogP contribution in [-0.4, -0.2) is 35.6 Å². The van der Waals surface area contributed by atoms with Crippen LogP contribution in [0.15, 0.2) is 6.07 Å². The maximum Gasteiger partial charge on any atom is 0.0756 e. The number of nitrogens with one attached hydrogen (secondary N) is 1. The van der Waals surface area contributed by atoms with Gasteiger partial charge in [-0.25, -0.2) is 0 Å². The predicted octanol–water partition coefficient (Wildman–Crippen LogP) is 2.80. The molecule has 1 aliphatic carbocycles. The summed E-state index contributed by atoms with van der Waals surface area (Å²) in [5.41, 5.74) is 2.53. The molecule has 0 aliphatic heterocycles. The molecule has 1 fully saturated rings. The van der Waals surface area contributed by atoms with Crippen LogP contribution in [0.4, 0.5) is 0 Å². The van der Waals surface area contributed by atoms with E-state index in [4.69, 9.17) is 4.74 Å². The molecule has 0 amide bonds. The van der Waals surface area contributed by atoms with Crippen molar-refractivity contribution < 1.29 is 4.74 Å². The van der Waals surface area contributed by atoms with Crippen LogP contribution in [0.3, 0.4) is 0 Å². The van der Waals surface area contributed by atoms with Crippen molar-refractivity contribution in [3.63, 3.8) is 0 Å². The molecule has 1 saturated carbocycles. The molecule has 0 saturated heterocycles. The van der Waals surface area contributed by atoms with E-state index in [1.54, 1.807) is 0 Å². The summed E-state index contributed by atoms with van der Waals surface area (Å²) < 4.78 is 7.97. The lowest BCUT2D eigenvalue weighted by Crippen LogP contribution is -2.44. The predicted molar refractivity (Wildman–Crippen MR) is 86.6 cm³/mol. The van der Waals surface area contributed by atoms with Crippen molar-refractivity contribution in [1.29, 1.82) is 0 Å². The fourth-order valence-electron chi connectivity index (χ4n) is 3.10. The fraction of sp³-hybridized carbons (Fsp3) is 0.824. The van der Waals surface area contributed by atoms with Gasteiger partial charge in [-0.3, -0.25) is 4.68 Å². The van der Waals surface area contributed by atoms with Gasteiger partial charge in [0, 0.05) is 31.8 Å². The summed E-state index contributed by atoms with van der Waals surface area (Å²) >= 11 is 0. The van der Waals surface area contributed by atoms with E-state index in [2.05, 4.69) is 41.9 Å². The van der Waals surface area contributed by atoms with Gasteiger partial charge >= 0.3 is 0 Å². The zero-order valence-electron chi connectivity index (χ0n) is 14.1. The average Bonchev–Trinajstić information content (AvgIpc) is 3.25. The maximum absolute atomic E-state index is 5.82. The molecular weight excluding hydrogens is 262 g/mol. The van der Waals surface area contributed by atoms with E-state index in [-0.39, 0.29) is 0 Å².